The Hall–Kier alpha value is -2.99. The summed E-state index contributed by atoms with van der Waals surface area (Å²) >= 11 is 1.64. The molecule has 0 amide bonds. The van der Waals surface area contributed by atoms with Crippen LogP contribution in [0.3, 0.4) is 0 Å². The van der Waals surface area contributed by atoms with Crippen molar-refractivity contribution in [2.75, 3.05) is 5.32 Å². The number of aryl methyl sites for hydroxylation is 1. The zero-order valence-electron chi connectivity index (χ0n) is 14.5. The molecule has 0 fully saturated rings. The highest BCUT2D eigenvalue weighted by atomic mass is 32.1. The number of benzene rings is 1. The smallest absolute Gasteiger partial charge is 0.183 e. The van der Waals surface area contributed by atoms with Crippen LogP contribution in [0.1, 0.15) is 16.8 Å². The molecule has 0 aliphatic rings. The first-order valence-corrected chi connectivity index (χ1v) is 9.27. The van der Waals surface area contributed by atoms with Gasteiger partial charge in [-0.15, -0.1) is 0 Å². The monoisotopic (exact) mass is 361 g/mol. The Kier molecular flexibility index (Phi) is 4.75. The Bertz CT molecular complexity index is 976. The van der Waals surface area contributed by atoms with Crippen LogP contribution in [0.15, 0.2) is 67.1 Å². The number of hydrogen-bond acceptors (Lipinski definition) is 5. The molecule has 3 heterocycles. The molecular formula is C20H19N5S. The fraction of sp³-hybridized carbons (Fsp3) is 0.150. The molecule has 4 aromatic rings. The van der Waals surface area contributed by atoms with Gasteiger partial charge in [0.15, 0.2) is 5.13 Å². The van der Waals surface area contributed by atoms with E-state index in [1.165, 1.54) is 11.1 Å². The van der Waals surface area contributed by atoms with Crippen molar-refractivity contribution in [2.45, 2.75) is 20.0 Å². The van der Waals surface area contributed by atoms with E-state index in [4.69, 9.17) is 5.10 Å². The standard InChI is InChI=1S/C20H19N5S/c1-15-19(26-20(23-15)22-13-16-5-3-2-4-6-16)18-9-12-25(24-18)14-17-7-10-21-11-8-17/h2-12H,13-14H2,1H3,(H,22,23). The van der Waals surface area contributed by atoms with E-state index in [1.54, 1.807) is 23.7 Å². The van der Waals surface area contributed by atoms with E-state index in [-0.39, 0.29) is 0 Å². The molecule has 1 N–H and O–H groups in total. The summed E-state index contributed by atoms with van der Waals surface area (Å²) in [5.74, 6) is 0. The molecule has 0 radical (unpaired) electrons. The molecule has 0 unspecified atom stereocenters. The summed E-state index contributed by atoms with van der Waals surface area (Å²) in [6, 6.07) is 16.4. The average molecular weight is 361 g/mol. The number of hydrogen-bond donors (Lipinski definition) is 1. The van der Waals surface area contributed by atoms with E-state index in [9.17, 15) is 0 Å². The van der Waals surface area contributed by atoms with Crippen LogP contribution in [-0.4, -0.2) is 19.7 Å². The fourth-order valence-corrected chi connectivity index (χ4v) is 3.66. The first-order chi connectivity index (χ1) is 12.8. The highest BCUT2D eigenvalue weighted by molar-refractivity contribution is 7.19. The number of pyridine rings is 1. The first kappa shape index (κ1) is 16.5. The van der Waals surface area contributed by atoms with Gasteiger partial charge in [0.2, 0.25) is 0 Å². The summed E-state index contributed by atoms with van der Waals surface area (Å²) in [6.45, 7) is 3.53. The molecule has 0 aliphatic heterocycles. The predicted molar refractivity (Wildman–Crippen MR) is 105 cm³/mol. The minimum Gasteiger partial charge on any atom is -0.357 e. The Morgan fingerprint density at radius 1 is 1.00 bits per heavy atom. The van der Waals surface area contributed by atoms with Crippen molar-refractivity contribution in [2.24, 2.45) is 0 Å². The van der Waals surface area contributed by atoms with Gasteiger partial charge < -0.3 is 5.32 Å². The molecule has 5 nitrogen and oxygen atoms in total. The van der Waals surface area contributed by atoms with Gasteiger partial charge >= 0.3 is 0 Å². The van der Waals surface area contributed by atoms with Gasteiger partial charge in [0.05, 0.1) is 17.1 Å². The van der Waals surface area contributed by atoms with Crippen LogP contribution >= 0.6 is 11.3 Å². The van der Waals surface area contributed by atoms with Crippen LogP contribution in [0.25, 0.3) is 10.6 Å². The Morgan fingerprint density at radius 3 is 2.62 bits per heavy atom. The van der Waals surface area contributed by atoms with Crippen molar-refractivity contribution < 1.29 is 0 Å². The Balaban J connectivity index is 1.47. The van der Waals surface area contributed by atoms with Gasteiger partial charge in [-0.1, -0.05) is 41.7 Å². The van der Waals surface area contributed by atoms with E-state index < -0.39 is 0 Å². The summed E-state index contributed by atoms with van der Waals surface area (Å²) in [7, 11) is 0. The summed E-state index contributed by atoms with van der Waals surface area (Å²) in [5, 5.41) is 9.03. The van der Waals surface area contributed by atoms with Crippen molar-refractivity contribution in [3.05, 3.63) is 83.9 Å². The van der Waals surface area contributed by atoms with Crippen molar-refractivity contribution in [1.29, 1.82) is 0 Å². The maximum absolute atomic E-state index is 4.71. The highest BCUT2D eigenvalue weighted by Gasteiger charge is 2.12. The number of nitrogens with one attached hydrogen (secondary N) is 1. The second-order valence-corrected chi connectivity index (χ2v) is 7.03. The summed E-state index contributed by atoms with van der Waals surface area (Å²) in [5.41, 5.74) is 4.38. The number of rotatable bonds is 6. The van der Waals surface area contributed by atoms with Gasteiger partial charge in [-0.05, 0) is 36.2 Å². The maximum atomic E-state index is 4.71. The average Bonchev–Trinajstić information content (AvgIpc) is 3.28. The van der Waals surface area contributed by atoms with E-state index in [1.807, 2.05) is 54.2 Å². The topological polar surface area (TPSA) is 55.6 Å². The van der Waals surface area contributed by atoms with Gasteiger partial charge in [-0.25, -0.2) is 4.98 Å². The molecule has 0 aliphatic carbocycles. The van der Waals surface area contributed by atoms with E-state index in [0.717, 1.165) is 34.5 Å². The Morgan fingerprint density at radius 2 is 1.81 bits per heavy atom. The van der Waals surface area contributed by atoms with Crippen LogP contribution in [0, 0.1) is 6.92 Å². The predicted octanol–water partition coefficient (Wildman–Crippen LogP) is 4.37. The fourth-order valence-electron chi connectivity index (χ4n) is 2.73. The minimum absolute atomic E-state index is 0.736. The summed E-state index contributed by atoms with van der Waals surface area (Å²) < 4.78 is 1.95. The lowest BCUT2D eigenvalue weighted by molar-refractivity contribution is 0.689. The van der Waals surface area contributed by atoms with Gasteiger partial charge in [0.1, 0.15) is 5.69 Å². The summed E-state index contributed by atoms with van der Waals surface area (Å²) in [6.07, 6.45) is 5.61. The zero-order valence-corrected chi connectivity index (χ0v) is 15.3. The quantitative estimate of drug-likeness (QED) is 0.554. The molecule has 3 aromatic heterocycles. The third-order valence-corrected chi connectivity index (χ3v) is 5.19. The van der Waals surface area contributed by atoms with Crippen molar-refractivity contribution >= 4 is 16.5 Å². The van der Waals surface area contributed by atoms with Crippen LogP contribution in [0.5, 0.6) is 0 Å². The van der Waals surface area contributed by atoms with Gasteiger partial charge in [0, 0.05) is 25.1 Å². The first-order valence-electron chi connectivity index (χ1n) is 8.46. The third-order valence-electron chi connectivity index (χ3n) is 4.05. The Labute approximate surface area is 156 Å². The normalized spacial score (nSPS) is 10.8. The molecule has 6 heteroatoms. The van der Waals surface area contributed by atoms with Gasteiger partial charge in [-0.3, -0.25) is 9.67 Å². The number of thiazole rings is 1. The van der Waals surface area contributed by atoms with Crippen LogP contribution < -0.4 is 5.32 Å². The van der Waals surface area contributed by atoms with E-state index in [2.05, 4.69) is 27.4 Å². The SMILES string of the molecule is Cc1nc(NCc2ccccc2)sc1-c1ccn(Cc2ccncc2)n1. The van der Waals surface area contributed by atoms with Gasteiger partial charge in [0.25, 0.3) is 0 Å². The molecule has 0 spiro atoms. The molecule has 0 bridgehead atoms. The molecule has 130 valence electrons. The maximum Gasteiger partial charge on any atom is 0.183 e. The molecular weight excluding hydrogens is 342 g/mol. The third kappa shape index (κ3) is 3.81. The highest BCUT2D eigenvalue weighted by Crippen LogP contribution is 2.31. The van der Waals surface area contributed by atoms with Crippen LogP contribution in [0.2, 0.25) is 0 Å². The zero-order chi connectivity index (χ0) is 17.8. The lowest BCUT2D eigenvalue weighted by Crippen LogP contribution is -2.00. The molecule has 0 saturated carbocycles. The van der Waals surface area contributed by atoms with Crippen molar-refractivity contribution in [3.63, 3.8) is 0 Å². The lowest BCUT2D eigenvalue weighted by Gasteiger charge is -2.01. The molecule has 0 saturated heterocycles. The van der Waals surface area contributed by atoms with Crippen molar-refractivity contribution in [3.8, 4) is 10.6 Å². The molecule has 1 aromatic carbocycles. The lowest BCUT2D eigenvalue weighted by atomic mass is 10.2. The molecule has 26 heavy (non-hydrogen) atoms. The second kappa shape index (κ2) is 7.49. The second-order valence-electron chi connectivity index (χ2n) is 6.03. The van der Waals surface area contributed by atoms with E-state index in [0.29, 0.717) is 0 Å². The van der Waals surface area contributed by atoms with Crippen LogP contribution in [0.4, 0.5) is 5.13 Å². The number of nitrogens with zero attached hydrogens (tertiary/aromatic N) is 4. The minimum atomic E-state index is 0.736. The number of aromatic nitrogens is 4. The molecule has 0 atom stereocenters. The molecule has 4 rings (SSSR count). The van der Waals surface area contributed by atoms with Gasteiger partial charge in [-0.2, -0.15) is 5.10 Å². The largest absolute Gasteiger partial charge is 0.357 e. The van der Waals surface area contributed by atoms with Crippen molar-refractivity contribution in [1.82, 2.24) is 19.7 Å². The number of anilines is 1. The summed E-state index contributed by atoms with van der Waals surface area (Å²) in [4.78, 5) is 9.80. The van der Waals surface area contributed by atoms with Crippen LogP contribution in [-0.2, 0) is 13.1 Å². The van der Waals surface area contributed by atoms with E-state index >= 15 is 0 Å².